The maximum Gasteiger partial charge on any atom is 0.267 e. The molecule has 5 heteroatoms. The fraction of sp³-hybridized carbons (Fsp3) is 0.318. The van der Waals surface area contributed by atoms with Crippen LogP contribution < -0.4 is 10.4 Å². The van der Waals surface area contributed by atoms with E-state index >= 15 is 0 Å². The predicted molar refractivity (Wildman–Crippen MR) is 109 cm³/mol. The largest absolute Gasteiger partial charge is 0.368 e. The Morgan fingerprint density at radius 3 is 2.44 bits per heavy atom. The summed E-state index contributed by atoms with van der Waals surface area (Å²) in [6, 6.07) is 18.7. The molecule has 1 aliphatic rings. The molecule has 2 N–H and O–H groups in total. The number of hydrogen-bond acceptors (Lipinski definition) is 4. The molecule has 1 heterocycles. The molecule has 1 saturated heterocycles. The SMILES string of the molecule is CC(CN1CCN(c2ccccc2/C=C/C(=O)NO)CC1)c1ccccc1. The van der Waals surface area contributed by atoms with Crippen LogP contribution in [0.15, 0.2) is 60.7 Å². The van der Waals surface area contributed by atoms with Gasteiger partial charge in [0.1, 0.15) is 0 Å². The highest BCUT2D eigenvalue weighted by Crippen LogP contribution is 2.24. The molecule has 2 aromatic rings. The Morgan fingerprint density at radius 2 is 1.74 bits per heavy atom. The van der Waals surface area contributed by atoms with Crippen molar-refractivity contribution in [3.63, 3.8) is 0 Å². The molecule has 27 heavy (non-hydrogen) atoms. The Morgan fingerprint density at radius 1 is 1.07 bits per heavy atom. The third-order valence-corrected chi connectivity index (χ3v) is 5.07. The number of rotatable bonds is 6. The number of hydrogen-bond donors (Lipinski definition) is 2. The average molecular weight is 365 g/mol. The lowest BCUT2D eigenvalue weighted by Crippen LogP contribution is -2.47. The topological polar surface area (TPSA) is 55.8 Å². The minimum Gasteiger partial charge on any atom is -0.368 e. The number of para-hydroxylation sites is 1. The van der Waals surface area contributed by atoms with Crippen molar-refractivity contribution >= 4 is 17.7 Å². The summed E-state index contributed by atoms with van der Waals surface area (Å²) < 4.78 is 0. The number of carbonyl (C=O) groups excluding carboxylic acids is 1. The fourth-order valence-corrected chi connectivity index (χ4v) is 3.56. The second-order valence-electron chi connectivity index (χ2n) is 6.97. The van der Waals surface area contributed by atoms with Crippen LogP contribution in [0.4, 0.5) is 5.69 Å². The van der Waals surface area contributed by atoms with Gasteiger partial charge in [-0.3, -0.25) is 14.9 Å². The average Bonchev–Trinajstić information content (AvgIpc) is 2.73. The van der Waals surface area contributed by atoms with E-state index in [0.29, 0.717) is 5.92 Å². The van der Waals surface area contributed by atoms with Crippen LogP contribution in [0.5, 0.6) is 0 Å². The van der Waals surface area contributed by atoms with Gasteiger partial charge in [-0.25, -0.2) is 5.48 Å². The molecule has 0 aromatic heterocycles. The number of amides is 1. The van der Waals surface area contributed by atoms with Gasteiger partial charge in [0.25, 0.3) is 5.91 Å². The van der Waals surface area contributed by atoms with Crippen molar-refractivity contribution in [1.82, 2.24) is 10.4 Å². The normalized spacial score (nSPS) is 16.4. The first kappa shape index (κ1) is 19.1. The number of nitrogens with zero attached hydrogens (tertiary/aromatic N) is 2. The van der Waals surface area contributed by atoms with Crippen LogP contribution in [0.2, 0.25) is 0 Å². The lowest BCUT2D eigenvalue weighted by atomic mass is 10.0. The molecule has 2 aromatic carbocycles. The molecular weight excluding hydrogens is 338 g/mol. The molecule has 0 radical (unpaired) electrons. The highest BCUT2D eigenvalue weighted by Gasteiger charge is 2.20. The van der Waals surface area contributed by atoms with Crippen LogP contribution in [-0.2, 0) is 4.79 Å². The smallest absolute Gasteiger partial charge is 0.267 e. The number of benzene rings is 2. The zero-order chi connectivity index (χ0) is 19.1. The van der Waals surface area contributed by atoms with E-state index in [1.54, 1.807) is 11.6 Å². The lowest BCUT2D eigenvalue weighted by Gasteiger charge is -2.37. The number of piperazine rings is 1. The molecule has 1 atom stereocenters. The first-order chi connectivity index (χ1) is 13.2. The van der Waals surface area contributed by atoms with Crippen LogP contribution in [0, 0.1) is 0 Å². The molecule has 3 rings (SSSR count). The van der Waals surface area contributed by atoms with Crippen LogP contribution in [-0.4, -0.2) is 48.7 Å². The van der Waals surface area contributed by atoms with E-state index in [4.69, 9.17) is 5.21 Å². The molecule has 0 spiro atoms. The lowest BCUT2D eigenvalue weighted by molar-refractivity contribution is -0.124. The second-order valence-corrected chi connectivity index (χ2v) is 6.97. The predicted octanol–water partition coefficient (Wildman–Crippen LogP) is 3.13. The summed E-state index contributed by atoms with van der Waals surface area (Å²) in [5.41, 5.74) is 5.11. The van der Waals surface area contributed by atoms with Gasteiger partial charge in [-0.1, -0.05) is 55.5 Å². The summed E-state index contributed by atoms with van der Waals surface area (Å²) in [5.74, 6) is -0.00511. The minimum absolute atomic E-state index is 0.518. The molecule has 1 fully saturated rings. The number of nitrogens with one attached hydrogen (secondary N) is 1. The van der Waals surface area contributed by atoms with E-state index in [-0.39, 0.29) is 0 Å². The molecule has 1 unspecified atom stereocenters. The van der Waals surface area contributed by atoms with Crippen molar-refractivity contribution in [2.45, 2.75) is 12.8 Å². The summed E-state index contributed by atoms with van der Waals surface area (Å²) in [4.78, 5) is 16.1. The van der Waals surface area contributed by atoms with E-state index in [9.17, 15) is 4.79 Å². The van der Waals surface area contributed by atoms with Gasteiger partial charge in [0.2, 0.25) is 0 Å². The minimum atomic E-state index is -0.524. The Labute approximate surface area is 160 Å². The maximum absolute atomic E-state index is 11.3. The summed E-state index contributed by atoms with van der Waals surface area (Å²) in [6.45, 7) is 7.31. The van der Waals surface area contributed by atoms with Crippen molar-refractivity contribution < 1.29 is 10.0 Å². The van der Waals surface area contributed by atoms with Crippen molar-refractivity contribution in [3.05, 3.63) is 71.8 Å². The van der Waals surface area contributed by atoms with Gasteiger partial charge in [0, 0.05) is 44.5 Å². The second kappa shape index (κ2) is 9.35. The van der Waals surface area contributed by atoms with E-state index in [2.05, 4.69) is 53.1 Å². The van der Waals surface area contributed by atoms with Crippen molar-refractivity contribution in [2.75, 3.05) is 37.6 Å². The highest BCUT2D eigenvalue weighted by molar-refractivity contribution is 5.91. The quantitative estimate of drug-likeness (QED) is 0.469. The molecule has 142 valence electrons. The fourth-order valence-electron chi connectivity index (χ4n) is 3.56. The van der Waals surface area contributed by atoms with Crippen LogP contribution in [0.25, 0.3) is 6.08 Å². The van der Waals surface area contributed by atoms with Crippen molar-refractivity contribution in [3.8, 4) is 0 Å². The molecule has 5 nitrogen and oxygen atoms in total. The van der Waals surface area contributed by atoms with Gasteiger partial charge < -0.3 is 4.90 Å². The Hall–Kier alpha value is -2.63. The maximum atomic E-state index is 11.3. The van der Waals surface area contributed by atoms with Gasteiger partial charge in [-0.2, -0.15) is 0 Å². The molecule has 0 bridgehead atoms. The zero-order valence-corrected chi connectivity index (χ0v) is 15.7. The van der Waals surface area contributed by atoms with Crippen LogP contribution in [0.1, 0.15) is 24.0 Å². The summed E-state index contributed by atoms with van der Waals surface area (Å²) >= 11 is 0. The third-order valence-electron chi connectivity index (χ3n) is 5.07. The van der Waals surface area contributed by atoms with Gasteiger partial charge in [0.05, 0.1) is 0 Å². The standard InChI is InChI=1S/C22H27N3O2/c1-18(19-7-3-2-4-8-19)17-24-13-15-25(16-14-24)21-10-6-5-9-20(21)11-12-22(26)23-27/h2-12,18,27H,13-17H2,1H3,(H,23,26)/b12-11+. The number of carbonyl (C=O) groups is 1. The number of hydroxylamine groups is 1. The third kappa shape index (κ3) is 5.18. The Balaban J connectivity index is 1.59. The first-order valence-electron chi connectivity index (χ1n) is 9.41. The van der Waals surface area contributed by atoms with Crippen molar-refractivity contribution in [1.29, 1.82) is 0 Å². The summed E-state index contributed by atoms with van der Waals surface area (Å²) in [5, 5.41) is 8.65. The van der Waals surface area contributed by atoms with Gasteiger partial charge >= 0.3 is 0 Å². The van der Waals surface area contributed by atoms with Gasteiger partial charge in [-0.05, 0) is 29.2 Å². The van der Waals surface area contributed by atoms with E-state index in [1.807, 2.05) is 18.2 Å². The van der Waals surface area contributed by atoms with E-state index in [0.717, 1.165) is 44.0 Å². The number of anilines is 1. The molecule has 1 aliphatic heterocycles. The Bertz CT molecular complexity index is 768. The first-order valence-corrected chi connectivity index (χ1v) is 9.41. The molecule has 1 amide bonds. The van der Waals surface area contributed by atoms with E-state index in [1.165, 1.54) is 11.6 Å². The summed E-state index contributed by atoms with van der Waals surface area (Å²) in [7, 11) is 0. The summed E-state index contributed by atoms with van der Waals surface area (Å²) in [6.07, 6.45) is 3.08. The molecule has 0 aliphatic carbocycles. The monoisotopic (exact) mass is 365 g/mol. The van der Waals surface area contributed by atoms with Crippen molar-refractivity contribution in [2.24, 2.45) is 0 Å². The van der Waals surface area contributed by atoms with Crippen LogP contribution >= 0.6 is 0 Å². The Kier molecular flexibility index (Phi) is 6.63. The van der Waals surface area contributed by atoms with Gasteiger partial charge in [-0.15, -0.1) is 0 Å². The van der Waals surface area contributed by atoms with Gasteiger partial charge in [0.15, 0.2) is 0 Å². The van der Waals surface area contributed by atoms with E-state index < -0.39 is 5.91 Å². The molecular formula is C22H27N3O2. The van der Waals surface area contributed by atoms with Crippen LogP contribution in [0.3, 0.4) is 0 Å². The highest BCUT2D eigenvalue weighted by atomic mass is 16.5. The zero-order valence-electron chi connectivity index (χ0n) is 15.7. The molecule has 0 saturated carbocycles.